The van der Waals surface area contributed by atoms with Crippen molar-refractivity contribution in [3.05, 3.63) is 12.2 Å². The molecular weight excluding hydrogens is 204 g/mol. The molecule has 0 saturated heterocycles. The minimum Gasteiger partial charge on any atom is -0.385 e. The van der Waals surface area contributed by atoms with E-state index < -0.39 is 11.5 Å². The predicted molar refractivity (Wildman–Crippen MR) is 57.7 cm³/mol. The van der Waals surface area contributed by atoms with E-state index in [-0.39, 0.29) is 23.4 Å². The molecule has 3 aliphatic rings. The quantitative estimate of drug-likeness (QED) is 0.625. The number of ketones is 2. The van der Waals surface area contributed by atoms with Crippen molar-refractivity contribution >= 4 is 11.6 Å². The average molecular weight is 220 g/mol. The maximum atomic E-state index is 12.2. The summed E-state index contributed by atoms with van der Waals surface area (Å²) in [4.78, 5) is 24.1. The Kier molecular flexibility index (Phi) is 1.94. The third-order valence-electron chi connectivity index (χ3n) is 4.80. The predicted octanol–water partition coefficient (Wildman–Crippen LogP) is 1.25. The summed E-state index contributed by atoms with van der Waals surface area (Å²) in [5, 5.41) is 9.72. The van der Waals surface area contributed by atoms with Gasteiger partial charge in [0.15, 0.2) is 5.78 Å². The fourth-order valence-electron chi connectivity index (χ4n) is 3.93. The zero-order chi connectivity index (χ0) is 11.5. The van der Waals surface area contributed by atoms with E-state index in [1.807, 2.05) is 0 Å². The molecule has 0 aliphatic heterocycles. The normalized spacial score (nSPS) is 47.1. The van der Waals surface area contributed by atoms with Crippen molar-refractivity contribution in [3.63, 3.8) is 0 Å². The molecule has 3 heteroatoms. The molecule has 0 aromatic rings. The van der Waals surface area contributed by atoms with Gasteiger partial charge in [-0.3, -0.25) is 9.59 Å². The summed E-state index contributed by atoms with van der Waals surface area (Å²) in [6, 6.07) is 0. The molecular formula is C13H16O3. The fourth-order valence-corrected chi connectivity index (χ4v) is 3.93. The van der Waals surface area contributed by atoms with Gasteiger partial charge in [0.25, 0.3) is 0 Å². The highest BCUT2D eigenvalue weighted by Crippen LogP contribution is 2.59. The van der Waals surface area contributed by atoms with Crippen molar-refractivity contribution in [2.75, 3.05) is 0 Å². The summed E-state index contributed by atoms with van der Waals surface area (Å²) in [6.45, 7) is 3.94. The fraction of sp³-hybridized carbons (Fsp3) is 0.692. The summed E-state index contributed by atoms with van der Waals surface area (Å²) >= 11 is 0. The lowest BCUT2D eigenvalue weighted by Crippen LogP contribution is -2.50. The van der Waals surface area contributed by atoms with Crippen LogP contribution in [0.15, 0.2) is 12.2 Å². The molecule has 3 fully saturated rings. The first-order valence-corrected chi connectivity index (χ1v) is 5.97. The van der Waals surface area contributed by atoms with Gasteiger partial charge in [-0.1, -0.05) is 12.2 Å². The second kappa shape index (κ2) is 3.04. The lowest BCUT2D eigenvalue weighted by molar-refractivity contribution is -0.150. The third-order valence-corrected chi connectivity index (χ3v) is 4.80. The number of fused-ring (bicyclic) bond motifs is 1. The van der Waals surface area contributed by atoms with Crippen LogP contribution >= 0.6 is 0 Å². The second-order valence-corrected chi connectivity index (χ2v) is 5.57. The van der Waals surface area contributed by atoms with Gasteiger partial charge < -0.3 is 5.11 Å². The van der Waals surface area contributed by atoms with E-state index in [2.05, 4.69) is 6.58 Å². The minimum atomic E-state index is -0.809. The van der Waals surface area contributed by atoms with Gasteiger partial charge in [0.1, 0.15) is 11.9 Å². The number of carbonyl (C=O) groups excluding carboxylic acids is 2. The van der Waals surface area contributed by atoms with Crippen LogP contribution in [0.5, 0.6) is 0 Å². The van der Waals surface area contributed by atoms with Crippen LogP contribution in [0.2, 0.25) is 0 Å². The van der Waals surface area contributed by atoms with Gasteiger partial charge in [-0.15, -0.1) is 0 Å². The van der Waals surface area contributed by atoms with E-state index in [1.165, 1.54) is 0 Å². The molecule has 3 aliphatic carbocycles. The van der Waals surface area contributed by atoms with Gasteiger partial charge in [0.05, 0.1) is 0 Å². The van der Waals surface area contributed by atoms with Gasteiger partial charge in [-0.2, -0.15) is 0 Å². The maximum absolute atomic E-state index is 12.2. The molecule has 16 heavy (non-hydrogen) atoms. The first-order chi connectivity index (χ1) is 7.54. The lowest BCUT2D eigenvalue weighted by Gasteiger charge is -2.43. The molecule has 3 saturated carbocycles. The Morgan fingerprint density at radius 1 is 1.31 bits per heavy atom. The highest BCUT2D eigenvalue weighted by molar-refractivity contribution is 5.96. The molecule has 0 aromatic carbocycles. The number of carbonyl (C=O) groups is 2. The van der Waals surface area contributed by atoms with Crippen LogP contribution in [-0.4, -0.2) is 22.8 Å². The van der Waals surface area contributed by atoms with Crippen LogP contribution in [0.25, 0.3) is 0 Å². The first-order valence-electron chi connectivity index (χ1n) is 5.97. The Morgan fingerprint density at radius 3 is 2.81 bits per heavy atom. The summed E-state index contributed by atoms with van der Waals surface area (Å²) in [5.74, 6) is 0.282. The molecule has 3 rings (SSSR count). The SMILES string of the molecule is C=C1C[C@]23C[C@H]1C(=O)CC2CC[C@H](O)C3=O. The molecule has 1 N–H and O–H groups in total. The topological polar surface area (TPSA) is 54.4 Å². The van der Waals surface area contributed by atoms with Crippen LogP contribution in [0.4, 0.5) is 0 Å². The highest BCUT2D eigenvalue weighted by Gasteiger charge is 2.60. The number of hydrogen-bond acceptors (Lipinski definition) is 3. The Labute approximate surface area is 94.5 Å². The van der Waals surface area contributed by atoms with E-state index in [0.29, 0.717) is 25.7 Å². The zero-order valence-electron chi connectivity index (χ0n) is 9.24. The van der Waals surface area contributed by atoms with Gasteiger partial charge in [0, 0.05) is 17.8 Å². The molecule has 2 bridgehead atoms. The third kappa shape index (κ3) is 1.07. The number of rotatable bonds is 0. The van der Waals surface area contributed by atoms with Crippen molar-refractivity contribution in [1.82, 2.24) is 0 Å². The monoisotopic (exact) mass is 220 g/mol. The van der Waals surface area contributed by atoms with Crippen molar-refractivity contribution in [1.29, 1.82) is 0 Å². The van der Waals surface area contributed by atoms with Crippen LogP contribution in [-0.2, 0) is 9.59 Å². The summed E-state index contributed by atoms with van der Waals surface area (Å²) in [5.41, 5.74) is 0.475. The maximum Gasteiger partial charge on any atom is 0.168 e. The van der Waals surface area contributed by atoms with Gasteiger partial charge in [-0.05, 0) is 31.6 Å². The Balaban J connectivity index is 2.04. The van der Waals surface area contributed by atoms with Crippen LogP contribution in [0.3, 0.4) is 0 Å². The van der Waals surface area contributed by atoms with Crippen LogP contribution in [0.1, 0.15) is 32.1 Å². The smallest absolute Gasteiger partial charge is 0.168 e. The number of aliphatic hydroxyl groups is 1. The second-order valence-electron chi connectivity index (χ2n) is 5.57. The molecule has 1 spiro atoms. The average Bonchev–Trinajstić information content (AvgIpc) is 2.55. The molecule has 0 amide bonds. The van der Waals surface area contributed by atoms with Crippen molar-refractivity contribution in [3.8, 4) is 0 Å². The van der Waals surface area contributed by atoms with E-state index in [9.17, 15) is 14.7 Å². The van der Waals surface area contributed by atoms with Gasteiger partial charge >= 0.3 is 0 Å². The molecule has 0 radical (unpaired) electrons. The lowest BCUT2D eigenvalue weighted by atomic mass is 9.59. The molecule has 0 heterocycles. The van der Waals surface area contributed by atoms with E-state index >= 15 is 0 Å². The Hall–Kier alpha value is -0.960. The van der Waals surface area contributed by atoms with Gasteiger partial charge in [-0.25, -0.2) is 0 Å². The van der Waals surface area contributed by atoms with Crippen molar-refractivity contribution in [2.45, 2.75) is 38.2 Å². The van der Waals surface area contributed by atoms with Crippen molar-refractivity contribution < 1.29 is 14.7 Å². The number of hydrogen-bond donors (Lipinski definition) is 1. The summed E-state index contributed by atoms with van der Waals surface area (Å²) < 4.78 is 0. The number of Topliss-reactive ketones (excluding diaryl/α,β-unsaturated/α-hetero) is 2. The molecule has 0 aromatic heterocycles. The molecule has 4 atom stereocenters. The standard InChI is InChI=1S/C13H16O3/c1-7-5-13-6-9(7)11(15)4-8(13)2-3-10(14)12(13)16/h8-10,14H,1-6H2/t8?,9-,10+,13+/m1/s1. The van der Waals surface area contributed by atoms with E-state index in [0.717, 1.165) is 12.0 Å². The summed E-state index contributed by atoms with van der Waals surface area (Å²) in [7, 11) is 0. The number of aliphatic hydroxyl groups excluding tert-OH is 1. The van der Waals surface area contributed by atoms with Crippen LogP contribution in [0, 0.1) is 17.3 Å². The van der Waals surface area contributed by atoms with E-state index in [4.69, 9.17) is 0 Å². The Morgan fingerprint density at radius 2 is 2.06 bits per heavy atom. The first kappa shape index (κ1) is 10.2. The number of allylic oxidation sites excluding steroid dienone is 1. The van der Waals surface area contributed by atoms with E-state index in [1.54, 1.807) is 0 Å². The highest BCUT2D eigenvalue weighted by atomic mass is 16.3. The Bertz CT molecular complexity index is 398. The van der Waals surface area contributed by atoms with Crippen molar-refractivity contribution in [2.24, 2.45) is 17.3 Å². The zero-order valence-corrected chi connectivity index (χ0v) is 9.24. The summed E-state index contributed by atoms with van der Waals surface area (Å²) in [6.07, 6.45) is 2.28. The molecule has 3 nitrogen and oxygen atoms in total. The molecule has 1 unspecified atom stereocenters. The minimum absolute atomic E-state index is 0.0279. The largest absolute Gasteiger partial charge is 0.385 e. The van der Waals surface area contributed by atoms with Crippen LogP contribution < -0.4 is 0 Å². The molecule has 86 valence electrons. The van der Waals surface area contributed by atoms with Gasteiger partial charge in [0.2, 0.25) is 0 Å².